The molecule has 0 radical (unpaired) electrons. The largest absolute Gasteiger partial charge is 0.304 e. The lowest BCUT2D eigenvalue weighted by atomic mass is 10.0. The van der Waals surface area contributed by atoms with E-state index in [1.807, 2.05) is 38.1 Å². The quantitative estimate of drug-likeness (QED) is 0.781. The summed E-state index contributed by atoms with van der Waals surface area (Å²) in [6.07, 6.45) is 0. The van der Waals surface area contributed by atoms with Gasteiger partial charge in [-0.25, -0.2) is 4.39 Å². The van der Waals surface area contributed by atoms with Gasteiger partial charge in [0.25, 0.3) is 0 Å². The summed E-state index contributed by atoms with van der Waals surface area (Å²) in [6, 6.07) is 12.6. The van der Waals surface area contributed by atoms with E-state index in [2.05, 4.69) is 5.32 Å². The fourth-order valence-corrected chi connectivity index (χ4v) is 2.66. The average Bonchev–Trinajstić information content (AvgIpc) is 2.42. The van der Waals surface area contributed by atoms with Crippen molar-refractivity contribution in [3.8, 4) is 0 Å². The van der Waals surface area contributed by atoms with Gasteiger partial charge in [-0.05, 0) is 43.2 Å². The molecule has 2 rings (SSSR count). The molecule has 2 atom stereocenters. The average molecular weight is 312 g/mol. The van der Waals surface area contributed by atoms with Crippen LogP contribution in [0.5, 0.6) is 0 Å². The van der Waals surface area contributed by atoms with Crippen molar-refractivity contribution in [2.75, 3.05) is 0 Å². The maximum absolute atomic E-state index is 13.2. The molecule has 0 aliphatic heterocycles. The van der Waals surface area contributed by atoms with Crippen LogP contribution in [0.15, 0.2) is 42.5 Å². The maximum atomic E-state index is 13.2. The second-order valence-electron chi connectivity index (χ2n) is 4.81. The third kappa shape index (κ3) is 3.51. The summed E-state index contributed by atoms with van der Waals surface area (Å²) in [5.41, 5.74) is 1.98. The molecule has 0 saturated heterocycles. The van der Waals surface area contributed by atoms with E-state index in [-0.39, 0.29) is 17.1 Å². The van der Waals surface area contributed by atoms with Gasteiger partial charge in [0, 0.05) is 17.1 Å². The smallest absolute Gasteiger partial charge is 0.141 e. The summed E-state index contributed by atoms with van der Waals surface area (Å²) in [5.74, 6) is -0.401. The molecule has 20 heavy (non-hydrogen) atoms. The van der Waals surface area contributed by atoms with E-state index >= 15 is 0 Å². The highest BCUT2D eigenvalue weighted by Crippen LogP contribution is 2.26. The first kappa shape index (κ1) is 15.3. The summed E-state index contributed by atoms with van der Waals surface area (Å²) in [5, 5.41) is 4.31. The van der Waals surface area contributed by atoms with E-state index in [1.54, 1.807) is 12.1 Å². The highest BCUT2D eigenvalue weighted by Gasteiger charge is 2.14. The summed E-state index contributed by atoms with van der Waals surface area (Å²) >= 11 is 12.0. The van der Waals surface area contributed by atoms with Crippen molar-refractivity contribution in [2.24, 2.45) is 0 Å². The molecule has 1 nitrogen and oxygen atoms in total. The molecule has 0 saturated carbocycles. The van der Waals surface area contributed by atoms with Crippen LogP contribution in [-0.2, 0) is 0 Å². The van der Waals surface area contributed by atoms with Gasteiger partial charge in [0.15, 0.2) is 0 Å². The van der Waals surface area contributed by atoms with Gasteiger partial charge in [0.05, 0.1) is 5.02 Å². The van der Waals surface area contributed by atoms with Crippen molar-refractivity contribution in [3.05, 3.63) is 69.5 Å². The van der Waals surface area contributed by atoms with Crippen LogP contribution in [0.25, 0.3) is 0 Å². The molecule has 2 aromatic carbocycles. The Kier molecular flexibility index (Phi) is 5.03. The van der Waals surface area contributed by atoms with Crippen LogP contribution in [0.3, 0.4) is 0 Å². The standard InChI is InChI=1S/C16H16Cl2FN/c1-10(12-7-8-16(19)15(18)9-12)20-11(2)13-5-3-4-6-14(13)17/h3-11,20H,1-2H3. The van der Waals surface area contributed by atoms with Crippen molar-refractivity contribution < 1.29 is 4.39 Å². The lowest BCUT2D eigenvalue weighted by molar-refractivity contribution is 0.494. The minimum atomic E-state index is -0.401. The Balaban J connectivity index is 2.13. The van der Waals surface area contributed by atoms with Gasteiger partial charge in [-0.15, -0.1) is 0 Å². The Hall–Kier alpha value is -1.09. The van der Waals surface area contributed by atoms with E-state index in [1.165, 1.54) is 6.07 Å². The van der Waals surface area contributed by atoms with E-state index in [4.69, 9.17) is 23.2 Å². The Morgan fingerprint density at radius 1 is 0.950 bits per heavy atom. The molecular formula is C16H16Cl2FN. The van der Waals surface area contributed by atoms with E-state index in [9.17, 15) is 4.39 Å². The molecule has 0 amide bonds. The molecule has 0 fully saturated rings. The van der Waals surface area contributed by atoms with E-state index < -0.39 is 5.82 Å². The van der Waals surface area contributed by atoms with Gasteiger partial charge in [0.2, 0.25) is 0 Å². The van der Waals surface area contributed by atoms with Crippen LogP contribution in [0.2, 0.25) is 10.0 Å². The maximum Gasteiger partial charge on any atom is 0.141 e. The second-order valence-corrected chi connectivity index (χ2v) is 5.62. The number of halogens is 3. The topological polar surface area (TPSA) is 12.0 Å². The highest BCUT2D eigenvalue weighted by molar-refractivity contribution is 6.31. The third-order valence-corrected chi connectivity index (χ3v) is 3.95. The summed E-state index contributed by atoms with van der Waals surface area (Å²) in [4.78, 5) is 0. The van der Waals surface area contributed by atoms with E-state index in [0.29, 0.717) is 0 Å². The first-order chi connectivity index (χ1) is 9.49. The zero-order chi connectivity index (χ0) is 14.7. The number of benzene rings is 2. The Morgan fingerprint density at radius 2 is 1.65 bits per heavy atom. The first-order valence-electron chi connectivity index (χ1n) is 6.44. The molecule has 0 heterocycles. The monoisotopic (exact) mass is 311 g/mol. The van der Waals surface area contributed by atoms with Gasteiger partial charge in [0.1, 0.15) is 5.82 Å². The van der Waals surface area contributed by atoms with Crippen molar-refractivity contribution >= 4 is 23.2 Å². The number of nitrogens with one attached hydrogen (secondary N) is 1. The Labute approximate surface area is 128 Å². The summed E-state index contributed by atoms with van der Waals surface area (Å²) < 4.78 is 13.2. The molecular weight excluding hydrogens is 296 g/mol. The first-order valence-corrected chi connectivity index (χ1v) is 7.20. The number of hydrogen-bond acceptors (Lipinski definition) is 1. The predicted octanol–water partition coefficient (Wildman–Crippen LogP) is 5.54. The Morgan fingerprint density at radius 3 is 2.30 bits per heavy atom. The summed E-state index contributed by atoms with van der Waals surface area (Å²) in [6.45, 7) is 4.06. The summed E-state index contributed by atoms with van der Waals surface area (Å²) in [7, 11) is 0. The minimum Gasteiger partial charge on any atom is -0.304 e. The van der Waals surface area contributed by atoms with Crippen molar-refractivity contribution in [1.82, 2.24) is 5.32 Å². The van der Waals surface area contributed by atoms with Crippen LogP contribution >= 0.6 is 23.2 Å². The highest BCUT2D eigenvalue weighted by atomic mass is 35.5. The van der Waals surface area contributed by atoms with Gasteiger partial charge >= 0.3 is 0 Å². The fraction of sp³-hybridized carbons (Fsp3) is 0.250. The third-order valence-electron chi connectivity index (χ3n) is 3.32. The fourth-order valence-electron chi connectivity index (χ4n) is 2.17. The van der Waals surface area contributed by atoms with Crippen LogP contribution < -0.4 is 5.32 Å². The number of hydrogen-bond donors (Lipinski definition) is 1. The lowest BCUT2D eigenvalue weighted by Crippen LogP contribution is -2.22. The van der Waals surface area contributed by atoms with E-state index in [0.717, 1.165) is 16.1 Å². The minimum absolute atomic E-state index is 0.0411. The molecule has 0 aliphatic carbocycles. The van der Waals surface area contributed by atoms with Crippen LogP contribution in [0, 0.1) is 5.82 Å². The Bertz CT molecular complexity index is 601. The molecule has 4 heteroatoms. The molecule has 0 aliphatic rings. The number of rotatable bonds is 4. The van der Waals surface area contributed by atoms with Crippen LogP contribution in [-0.4, -0.2) is 0 Å². The van der Waals surface area contributed by atoms with Gasteiger partial charge in [-0.1, -0.05) is 47.5 Å². The van der Waals surface area contributed by atoms with Crippen molar-refractivity contribution in [1.29, 1.82) is 0 Å². The zero-order valence-electron chi connectivity index (χ0n) is 11.3. The van der Waals surface area contributed by atoms with Crippen LogP contribution in [0.1, 0.15) is 37.1 Å². The van der Waals surface area contributed by atoms with Crippen molar-refractivity contribution in [2.45, 2.75) is 25.9 Å². The van der Waals surface area contributed by atoms with Gasteiger partial charge < -0.3 is 5.32 Å². The lowest BCUT2D eigenvalue weighted by Gasteiger charge is -2.21. The second kappa shape index (κ2) is 6.57. The van der Waals surface area contributed by atoms with Crippen molar-refractivity contribution in [3.63, 3.8) is 0 Å². The zero-order valence-corrected chi connectivity index (χ0v) is 12.8. The van der Waals surface area contributed by atoms with Gasteiger partial charge in [-0.2, -0.15) is 0 Å². The predicted molar refractivity (Wildman–Crippen MR) is 82.8 cm³/mol. The molecule has 1 N–H and O–H groups in total. The molecule has 2 aromatic rings. The normalized spacial score (nSPS) is 14.1. The van der Waals surface area contributed by atoms with Crippen LogP contribution in [0.4, 0.5) is 4.39 Å². The SMILES string of the molecule is CC(NC(C)c1ccccc1Cl)c1ccc(F)c(Cl)c1. The molecule has 0 spiro atoms. The molecule has 2 unspecified atom stereocenters. The molecule has 106 valence electrons. The molecule has 0 aromatic heterocycles. The molecule has 0 bridgehead atoms. The van der Waals surface area contributed by atoms with Gasteiger partial charge in [-0.3, -0.25) is 0 Å².